The summed E-state index contributed by atoms with van der Waals surface area (Å²) in [5, 5.41) is 12.9. The molecule has 2 unspecified atom stereocenters. The van der Waals surface area contributed by atoms with E-state index in [9.17, 15) is 5.11 Å². The molecule has 13 heavy (non-hydrogen) atoms. The number of aliphatic hydroxyl groups is 1. The summed E-state index contributed by atoms with van der Waals surface area (Å²) in [4.78, 5) is 2.31. The Labute approximate surface area is 81.1 Å². The van der Waals surface area contributed by atoms with Crippen molar-refractivity contribution in [2.24, 2.45) is 0 Å². The van der Waals surface area contributed by atoms with Gasteiger partial charge >= 0.3 is 0 Å². The van der Waals surface area contributed by atoms with Crippen LogP contribution in [0.4, 0.5) is 0 Å². The lowest BCUT2D eigenvalue weighted by molar-refractivity contribution is 0.145. The van der Waals surface area contributed by atoms with Crippen LogP contribution >= 0.6 is 0 Å². The zero-order valence-electron chi connectivity index (χ0n) is 8.95. The summed E-state index contributed by atoms with van der Waals surface area (Å²) in [6.45, 7) is 6.42. The van der Waals surface area contributed by atoms with E-state index in [4.69, 9.17) is 0 Å². The number of aliphatic hydroxyl groups excluding tert-OH is 1. The molecule has 1 aliphatic heterocycles. The number of hydrogen-bond donors (Lipinski definition) is 2. The first-order valence-electron chi connectivity index (χ1n) is 5.23. The Kier molecular flexibility index (Phi) is 4.16. The third-order valence-corrected chi connectivity index (χ3v) is 2.99. The first-order valence-corrected chi connectivity index (χ1v) is 5.23. The zero-order valence-corrected chi connectivity index (χ0v) is 8.95. The van der Waals surface area contributed by atoms with Crippen molar-refractivity contribution in [1.82, 2.24) is 10.2 Å². The quantitative estimate of drug-likeness (QED) is 0.669. The number of rotatable bonds is 4. The average Bonchev–Trinajstić information content (AvgIpc) is 2.47. The molecule has 0 bridgehead atoms. The zero-order chi connectivity index (χ0) is 9.84. The fraction of sp³-hybridized carbons (Fsp3) is 1.00. The van der Waals surface area contributed by atoms with Crippen molar-refractivity contribution in [2.45, 2.75) is 44.9 Å². The maximum Gasteiger partial charge on any atom is 0.0705 e. The lowest BCUT2D eigenvalue weighted by atomic mass is 10.1. The van der Waals surface area contributed by atoms with Gasteiger partial charge in [-0.25, -0.2) is 0 Å². The molecule has 3 heteroatoms. The van der Waals surface area contributed by atoms with Gasteiger partial charge in [0, 0.05) is 12.1 Å². The molecule has 3 nitrogen and oxygen atoms in total. The molecule has 2 N–H and O–H groups in total. The van der Waals surface area contributed by atoms with Gasteiger partial charge in [0.1, 0.15) is 0 Å². The predicted molar refractivity (Wildman–Crippen MR) is 54.8 cm³/mol. The van der Waals surface area contributed by atoms with Crippen LogP contribution in [0.2, 0.25) is 0 Å². The minimum atomic E-state index is -0.124. The molecule has 0 aromatic rings. The maximum atomic E-state index is 9.56. The topological polar surface area (TPSA) is 35.5 Å². The molecule has 2 atom stereocenters. The highest BCUT2D eigenvalue weighted by molar-refractivity contribution is 4.83. The van der Waals surface area contributed by atoms with E-state index in [-0.39, 0.29) is 6.10 Å². The largest absolute Gasteiger partial charge is 0.391 e. The summed E-state index contributed by atoms with van der Waals surface area (Å²) in [6, 6.07) is 0.916. The highest BCUT2D eigenvalue weighted by Crippen LogP contribution is 2.10. The summed E-state index contributed by atoms with van der Waals surface area (Å²) in [5.41, 5.74) is 0. The van der Waals surface area contributed by atoms with Gasteiger partial charge in [0.05, 0.1) is 6.10 Å². The summed E-state index contributed by atoms with van der Waals surface area (Å²) in [5.74, 6) is 0. The Morgan fingerprint density at radius 1 is 1.54 bits per heavy atom. The van der Waals surface area contributed by atoms with Crippen molar-refractivity contribution in [1.29, 1.82) is 0 Å². The minimum absolute atomic E-state index is 0.124. The molecule has 1 saturated heterocycles. The van der Waals surface area contributed by atoms with Gasteiger partial charge in [-0.05, 0) is 46.8 Å². The molecule has 0 spiro atoms. The van der Waals surface area contributed by atoms with Crippen LogP contribution in [0, 0.1) is 0 Å². The van der Waals surface area contributed by atoms with E-state index in [0.717, 1.165) is 25.9 Å². The van der Waals surface area contributed by atoms with Crippen molar-refractivity contribution in [2.75, 3.05) is 20.1 Å². The van der Waals surface area contributed by atoms with Crippen LogP contribution < -0.4 is 5.32 Å². The lowest BCUT2D eigenvalue weighted by Gasteiger charge is -2.23. The van der Waals surface area contributed by atoms with Gasteiger partial charge in [-0.3, -0.25) is 0 Å². The second-order valence-electron chi connectivity index (χ2n) is 4.28. The number of nitrogens with one attached hydrogen (secondary N) is 1. The van der Waals surface area contributed by atoms with E-state index >= 15 is 0 Å². The molecule has 1 fully saturated rings. The van der Waals surface area contributed by atoms with Gasteiger partial charge in [0.15, 0.2) is 0 Å². The summed E-state index contributed by atoms with van der Waals surface area (Å²) >= 11 is 0. The van der Waals surface area contributed by atoms with E-state index in [1.807, 2.05) is 0 Å². The molecule has 1 heterocycles. The molecule has 0 radical (unpaired) electrons. The lowest BCUT2D eigenvalue weighted by Crippen LogP contribution is -2.36. The van der Waals surface area contributed by atoms with E-state index < -0.39 is 0 Å². The van der Waals surface area contributed by atoms with E-state index in [0.29, 0.717) is 12.1 Å². The van der Waals surface area contributed by atoms with Crippen LogP contribution in [0.25, 0.3) is 0 Å². The van der Waals surface area contributed by atoms with Gasteiger partial charge < -0.3 is 15.3 Å². The number of nitrogens with zero attached hydrogens (tertiary/aromatic N) is 1. The molecule has 0 aliphatic carbocycles. The van der Waals surface area contributed by atoms with Crippen LogP contribution in [0.1, 0.15) is 26.7 Å². The van der Waals surface area contributed by atoms with Gasteiger partial charge in [0.25, 0.3) is 0 Å². The normalized spacial score (nSPS) is 29.1. The first-order chi connectivity index (χ1) is 6.11. The molecule has 0 aromatic carbocycles. The van der Waals surface area contributed by atoms with E-state index in [2.05, 4.69) is 31.1 Å². The molecule has 0 amide bonds. The van der Waals surface area contributed by atoms with Crippen LogP contribution in [-0.4, -0.2) is 48.3 Å². The highest BCUT2D eigenvalue weighted by Gasteiger charge is 2.24. The second-order valence-corrected chi connectivity index (χ2v) is 4.28. The molecule has 0 aromatic heterocycles. The predicted octanol–water partition coefficient (Wildman–Crippen LogP) is 0.439. The monoisotopic (exact) mass is 186 g/mol. The smallest absolute Gasteiger partial charge is 0.0705 e. The summed E-state index contributed by atoms with van der Waals surface area (Å²) in [6.07, 6.45) is 1.84. The van der Waals surface area contributed by atoms with Crippen LogP contribution in [0.15, 0.2) is 0 Å². The number of hydrogen-bond acceptors (Lipinski definition) is 3. The Bertz CT molecular complexity index is 150. The molecule has 1 rings (SSSR count). The van der Waals surface area contributed by atoms with Gasteiger partial charge in [-0.1, -0.05) is 0 Å². The van der Waals surface area contributed by atoms with Crippen molar-refractivity contribution in [3.8, 4) is 0 Å². The van der Waals surface area contributed by atoms with Crippen LogP contribution in [-0.2, 0) is 0 Å². The van der Waals surface area contributed by atoms with Crippen LogP contribution in [0.3, 0.4) is 0 Å². The molecule has 0 saturated carbocycles. The average molecular weight is 186 g/mol. The molecular weight excluding hydrogens is 164 g/mol. The van der Waals surface area contributed by atoms with Crippen LogP contribution in [0.5, 0.6) is 0 Å². The third kappa shape index (κ3) is 3.25. The summed E-state index contributed by atoms with van der Waals surface area (Å²) in [7, 11) is 2.13. The summed E-state index contributed by atoms with van der Waals surface area (Å²) < 4.78 is 0. The van der Waals surface area contributed by atoms with Gasteiger partial charge in [0.2, 0.25) is 0 Å². The van der Waals surface area contributed by atoms with Crippen molar-refractivity contribution < 1.29 is 5.11 Å². The molecular formula is C10H22N2O. The van der Waals surface area contributed by atoms with Gasteiger partial charge in [-0.2, -0.15) is 0 Å². The Morgan fingerprint density at radius 3 is 2.69 bits per heavy atom. The third-order valence-electron chi connectivity index (χ3n) is 2.99. The van der Waals surface area contributed by atoms with Gasteiger partial charge in [-0.15, -0.1) is 0 Å². The van der Waals surface area contributed by atoms with Crippen molar-refractivity contribution in [3.63, 3.8) is 0 Å². The Hall–Kier alpha value is -0.120. The van der Waals surface area contributed by atoms with Crippen molar-refractivity contribution in [3.05, 3.63) is 0 Å². The molecule has 1 aliphatic rings. The van der Waals surface area contributed by atoms with E-state index in [1.54, 1.807) is 0 Å². The van der Waals surface area contributed by atoms with E-state index in [1.165, 1.54) is 0 Å². The Balaban J connectivity index is 2.18. The van der Waals surface area contributed by atoms with Crippen molar-refractivity contribution >= 4 is 0 Å². The molecule has 78 valence electrons. The fourth-order valence-corrected chi connectivity index (χ4v) is 1.65. The SMILES string of the molecule is CC(C)N(C)CCC1NCCC1O. The highest BCUT2D eigenvalue weighted by atomic mass is 16.3. The first kappa shape index (κ1) is 11.0. The fourth-order valence-electron chi connectivity index (χ4n) is 1.65. The Morgan fingerprint density at radius 2 is 2.23 bits per heavy atom. The minimum Gasteiger partial charge on any atom is -0.391 e. The standard InChI is InChI=1S/C10H22N2O/c1-8(2)12(3)7-5-9-10(13)4-6-11-9/h8-11,13H,4-7H2,1-3H3. The maximum absolute atomic E-state index is 9.56. The second kappa shape index (κ2) is 4.94.